The molecule has 0 saturated carbocycles. The molecule has 0 amide bonds. The summed E-state index contributed by atoms with van der Waals surface area (Å²) in [5.41, 5.74) is 7.00. The molecule has 0 bridgehead atoms. The van der Waals surface area contributed by atoms with Gasteiger partial charge < -0.3 is 10.5 Å². The minimum absolute atomic E-state index is 0.0369. The van der Waals surface area contributed by atoms with E-state index in [1.165, 1.54) is 25.5 Å². The summed E-state index contributed by atoms with van der Waals surface area (Å²) in [6.45, 7) is 0. The third-order valence-electron chi connectivity index (χ3n) is 1.92. The fourth-order valence-corrected chi connectivity index (χ4v) is 1.25. The Morgan fingerprint density at radius 2 is 2.17 bits per heavy atom. The first-order valence-electron chi connectivity index (χ1n) is 4.68. The van der Waals surface area contributed by atoms with Crippen LogP contribution in [0.1, 0.15) is 11.1 Å². The number of nitrogens with zero attached hydrogens (tertiary/aromatic N) is 1. The summed E-state index contributed by atoms with van der Waals surface area (Å²) in [6, 6.07) is 3.39. The molecule has 4 nitrogen and oxygen atoms in total. The van der Waals surface area contributed by atoms with Gasteiger partial charge in [-0.15, -0.1) is 0 Å². The van der Waals surface area contributed by atoms with E-state index in [0.29, 0.717) is 5.56 Å². The average Bonchev–Trinajstić information content (AvgIpc) is 2.26. The van der Waals surface area contributed by atoms with Crippen LogP contribution in [-0.2, 0) is 6.18 Å². The highest BCUT2D eigenvalue weighted by Gasteiger charge is 2.34. The molecule has 1 aromatic rings. The van der Waals surface area contributed by atoms with Gasteiger partial charge in [0.25, 0.3) is 0 Å². The van der Waals surface area contributed by atoms with Crippen LogP contribution in [0.5, 0.6) is 5.75 Å². The Kier molecular flexibility index (Phi) is 4.49. The number of rotatable bonds is 3. The van der Waals surface area contributed by atoms with Gasteiger partial charge in [0.05, 0.1) is 18.9 Å². The summed E-state index contributed by atoms with van der Waals surface area (Å²) in [5.74, 6) is -0.276. The van der Waals surface area contributed by atoms with Gasteiger partial charge in [-0.1, -0.05) is 6.07 Å². The van der Waals surface area contributed by atoms with Gasteiger partial charge in [-0.05, 0) is 29.9 Å². The molecule has 0 spiro atoms. The lowest BCUT2D eigenvalue weighted by atomic mass is 10.1. The van der Waals surface area contributed by atoms with Crippen LogP contribution in [0.4, 0.5) is 13.2 Å². The highest BCUT2D eigenvalue weighted by molar-refractivity contribution is 7.80. The number of benzene rings is 1. The number of nitrogens with one attached hydrogen (secondary N) is 1. The number of halogens is 3. The van der Waals surface area contributed by atoms with Gasteiger partial charge in [0.1, 0.15) is 5.75 Å². The van der Waals surface area contributed by atoms with E-state index in [2.05, 4.69) is 27.5 Å². The standard InChI is InChI=1S/C10H10F3N3OS/c1-17-8-4-6(5-15-16-9(14)18)2-3-7(8)10(11,12)13/h2-5H,1H3,(H3,14,16,18). The molecule has 0 fully saturated rings. The number of hydrogen-bond donors (Lipinski definition) is 2. The van der Waals surface area contributed by atoms with Crippen LogP contribution >= 0.6 is 12.2 Å². The summed E-state index contributed by atoms with van der Waals surface area (Å²) in [4.78, 5) is 0. The van der Waals surface area contributed by atoms with E-state index in [0.717, 1.165) is 6.07 Å². The van der Waals surface area contributed by atoms with E-state index >= 15 is 0 Å². The quantitative estimate of drug-likeness (QED) is 0.503. The summed E-state index contributed by atoms with van der Waals surface area (Å²) >= 11 is 4.51. The molecule has 0 saturated heterocycles. The molecule has 0 radical (unpaired) electrons. The summed E-state index contributed by atoms with van der Waals surface area (Å²) in [7, 11) is 1.17. The van der Waals surface area contributed by atoms with E-state index in [9.17, 15) is 13.2 Å². The van der Waals surface area contributed by atoms with Crippen LogP contribution in [-0.4, -0.2) is 18.4 Å². The second kappa shape index (κ2) is 5.67. The van der Waals surface area contributed by atoms with E-state index < -0.39 is 11.7 Å². The Morgan fingerprint density at radius 3 is 2.67 bits per heavy atom. The summed E-state index contributed by atoms with van der Waals surface area (Å²) in [5, 5.41) is 3.59. The molecule has 18 heavy (non-hydrogen) atoms. The highest BCUT2D eigenvalue weighted by Crippen LogP contribution is 2.36. The van der Waals surface area contributed by atoms with Gasteiger partial charge in [-0.25, -0.2) is 0 Å². The fourth-order valence-electron chi connectivity index (χ4n) is 1.19. The van der Waals surface area contributed by atoms with Crippen molar-refractivity contribution in [3.63, 3.8) is 0 Å². The molecule has 8 heteroatoms. The van der Waals surface area contributed by atoms with Crippen molar-refractivity contribution in [2.75, 3.05) is 7.11 Å². The Morgan fingerprint density at radius 1 is 1.50 bits per heavy atom. The predicted molar refractivity (Wildman–Crippen MR) is 65.5 cm³/mol. The number of hydrazone groups is 1. The zero-order valence-electron chi connectivity index (χ0n) is 9.28. The first-order valence-corrected chi connectivity index (χ1v) is 5.09. The third kappa shape index (κ3) is 3.88. The minimum Gasteiger partial charge on any atom is -0.496 e. The molecule has 0 aliphatic carbocycles. The van der Waals surface area contributed by atoms with E-state index in [1.807, 2.05) is 0 Å². The maximum atomic E-state index is 12.6. The Balaban J connectivity index is 2.99. The van der Waals surface area contributed by atoms with Gasteiger partial charge in [-0.2, -0.15) is 18.3 Å². The number of ether oxygens (including phenoxy) is 1. The van der Waals surface area contributed by atoms with Crippen molar-refractivity contribution >= 4 is 23.5 Å². The summed E-state index contributed by atoms with van der Waals surface area (Å²) < 4.78 is 42.4. The maximum Gasteiger partial charge on any atom is 0.419 e. The average molecular weight is 277 g/mol. The molecule has 0 unspecified atom stereocenters. The van der Waals surface area contributed by atoms with E-state index in [-0.39, 0.29) is 10.9 Å². The molecule has 98 valence electrons. The number of alkyl halides is 3. The predicted octanol–water partition coefficient (Wildman–Crippen LogP) is 1.88. The molecule has 1 aromatic carbocycles. The van der Waals surface area contributed by atoms with Gasteiger partial charge in [0, 0.05) is 0 Å². The zero-order valence-corrected chi connectivity index (χ0v) is 10.1. The summed E-state index contributed by atoms with van der Waals surface area (Å²) in [6.07, 6.45) is -3.18. The third-order valence-corrected chi connectivity index (χ3v) is 2.01. The zero-order chi connectivity index (χ0) is 13.8. The van der Waals surface area contributed by atoms with Crippen LogP contribution in [0.25, 0.3) is 0 Å². The van der Waals surface area contributed by atoms with Crippen molar-refractivity contribution < 1.29 is 17.9 Å². The lowest BCUT2D eigenvalue weighted by molar-refractivity contribution is -0.138. The fraction of sp³-hybridized carbons (Fsp3) is 0.200. The number of thiocarbonyl (C=S) groups is 1. The first kappa shape index (κ1) is 14.2. The van der Waals surface area contributed by atoms with Crippen LogP contribution in [0.2, 0.25) is 0 Å². The smallest absolute Gasteiger partial charge is 0.419 e. The number of hydrogen-bond acceptors (Lipinski definition) is 3. The Bertz CT molecular complexity index is 474. The minimum atomic E-state index is -4.46. The SMILES string of the molecule is COc1cc(C=NNC(N)=S)ccc1C(F)(F)F. The Labute approximate surface area is 107 Å². The normalized spacial score (nSPS) is 11.6. The topological polar surface area (TPSA) is 59.6 Å². The molecule has 0 aliphatic rings. The molecule has 0 aromatic heterocycles. The second-order valence-corrected chi connectivity index (χ2v) is 3.63. The van der Waals surface area contributed by atoms with Crippen LogP contribution in [0.15, 0.2) is 23.3 Å². The van der Waals surface area contributed by atoms with Crippen molar-refractivity contribution in [2.45, 2.75) is 6.18 Å². The second-order valence-electron chi connectivity index (χ2n) is 3.19. The van der Waals surface area contributed by atoms with Gasteiger partial charge in [0.2, 0.25) is 0 Å². The van der Waals surface area contributed by atoms with Crippen LogP contribution < -0.4 is 15.9 Å². The van der Waals surface area contributed by atoms with Crippen molar-refractivity contribution in [1.29, 1.82) is 0 Å². The largest absolute Gasteiger partial charge is 0.496 e. The number of nitrogens with two attached hydrogens (primary N) is 1. The van der Waals surface area contributed by atoms with Gasteiger partial charge >= 0.3 is 6.18 Å². The van der Waals surface area contributed by atoms with E-state index in [1.54, 1.807) is 0 Å². The molecule has 0 aliphatic heterocycles. The van der Waals surface area contributed by atoms with Gasteiger partial charge in [-0.3, -0.25) is 5.43 Å². The maximum absolute atomic E-state index is 12.6. The molecular formula is C10H10F3N3OS. The van der Waals surface area contributed by atoms with Gasteiger partial charge in [0.15, 0.2) is 5.11 Å². The number of methoxy groups -OCH3 is 1. The lowest BCUT2D eigenvalue weighted by Crippen LogP contribution is -2.24. The van der Waals surface area contributed by atoms with Crippen LogP contribution in [0, 0.1) is 0 Å². The first-order chi connectivity index (χ1) is 8.34. The molecular weight excluding hydrogens is 267 g/mol. The van der Waals surface area contributed by atoms with Crippen LogP contribution in [0.3, 0.4) is 0 Å². The van der Waals surface area contributed by atoms with Crippen molar-refractivity contribution in [3.8, 4) is 5.75 Å². The molecule has 1 rings (SSSR count). The Hall–Kier alpha value is -1.83. The highest BCUT2D eigenvalue weighted by atomic mass is 32.1. The lowest BCUT2D eigenvalue weighted by Gasteiger charge is -2.11. The monoisotopic (exact) mass is 277 g/mol. The molecule has 0 atom stereocenters. The molecule has 0 heterocycles. The van der Waals surface area contributed by atoms with Crippen molar-refractivity contribution in [2.24, 2.45) is 10.8 Å². The molecule has 3 N–H and O–H groups in total. The van der Waals surface area contributed by atoms with Crippen molar-refractivity contribution in [3.05, 3.63) is 29.3 Å². The van der Waals surface area contributed by atoms with E-state index in [4.69, 9.17) is 5.73 Å². The van der Waals surface area contributed by atoms with Crippen molar-refractivity contribution in [1.82, 2.24) is 5.43 Å².